The molecule has 1 saturated heterocycles. The van der Waals surface area contributed by atoms with Gasteiger partial charge in [0.15, 0.2) is 6.04 Å². The Morgan fingerprint density at radius 1 is 1.30 bits per heavy atom. The molecule has 1 fully saturated rings. The molecule has 0 spiro atoms. The zero-order valence-electron chi connectivity index (χ0n) is 14.3. The molecule has 27 heavy (non-hydrogen) atoms. The number of anilines is 2. The zero-order valence-corrected chi connectivity index (χ0v) is 14.3. The van der Waals surface area contributed by atoms with Crippen LogP contribution in [-0.2, 0) is 23.9 Å². The largest absolute Gasteiger partial charge is 0.370 e. The first-order valence-corrected chi connectivity index (χ1v) is 7.88. The summed E-state index contributed by atoms with van der Waals surface area (Å²) in [4.78, 5) is 47.7. The summed E-state index contributed by atoms with van der Waals surface area (Å²) in [5, 5.41) is 4.19. The number of nitrogens with zero attached hydrogens (tertiary/aromatic N) is 1. The van der Waals surface area contributed by atoms with Crippen LogP contribution in [0.5, 0.6) is 0 Å². The van der Waals surface area contributed by atoms with Gasteiger partial charge in [-0.3, -0.25) is 19.2 Å². The van der Waals surface area contributed by atoms with Crippen LogP contribution in [-0.4, -0.2) is 49.4 Å². The van der Waals surface area contributed by atoms with E-state index in [1.807, 2.05) is 5.32 Å². The highest BCUT2D eigenvalue weighted by Crippen LogP contribution is 2.31. The third kappa shape index (κ3) is 4.97. The number of halogens is 2. The summed E-state index contributed by atoms with van der Waals surface area (Å²) >= 11 is 0. The molecule has 11 heteroatoms. The smallest absolute Gasteiger partial charge is 0.265 e. The van der Waals surface area contributed by atoms with Gasteiger partial charge in [0.2, 0.25) is 11.8 Å². The second-order valence-electron chi connectivity index (χ2n) is 5.70. The molecule has 4 N–H and O–H groups in total. The number of alkyl halides is 2. The van der Waals surface area contributed by atoms with E-state index < -0.39 is 35.8 Å². The van der Waals surface area contributed by atoms with E-state index in [-0.39, 0.29) is 37.0 Å². The SMILES string of the molecule is CC(=O)N[C@H](C(N)=O)C(=O)Nc1ccc(N2CCOCC2=O)cc1C(F)F. The maximum Gasteiger partial charge on any atom is 0.265 e. The summed E-state index contributed by atoms with van der Waals surface area (Å²) in [7, 11) is 0. The number of benzene rings is 1. The van der Waals surface area contributed by atoms with Crippen LogP contribution in [0.1, 0.15) is 18.9 Å². The number of hydrogen-bond donors (Lipinski definition) is 3. The number of rotatable bonds is 6. The molecule has 0 bridgehead atoms. The van der Waals surface area contributed by atoms with Crippen molar-refractivity contribution in [1.29, 1.82) is 0 Å². The summed E-state index contributed by atoms with van der Waals surface area (Å²) in [6.45, 7) is 1.40. The van der Waals surface area contributed by atoms with Crippen LogP contribution in [0.4, 0.5) is 20.2 Å². The van der Waals surface area contributed by atoms with Gasteiger partial charge in [0.25, 0.3) is 18.2 Å². The molecule has 0 aromatic heterocycles. The minimum Gasteiger partial charge on any atom is -0.370 e. The van der Waals surface area contributed by atoms with Crippen LogP contribution in [0.2, 0.25) is 0 Å². The molecule has 0 saturated carbocycles. The number of ether oxygens (including phenoxy) is 1. The maximum atomic E-state index is 13.5. The third-order valence-corrected chi connectivity index (χ3v) is 3.72. The van der Waals surface area contributed by atoms with Crippen molar-refractivity contribution in [2.75, 3.05) is 30.0 Å². The van der Waals surface area contributed by atoms with Gasteiger partial charge in [0.05, 0.1) is 6.61 Å². The zero-order chi connectivity index (χ0) is 20.1. The van der Waals surface area contributed by atoms with E-state index in [9.17, 15) is 28.0 Å². The Balaban J connectivity index is 2.28. The van der Waals surface area contributed by atoms with Gasteiger partial charge in [-0.25, -0.2) is 8.78 Å². The Hall–Kier alpha value is -3.08. The van der Waals surface area contributed by atoms with E-state index in [1.165, 1.54) is 17.0 Å². The predicted octanol–water partition coefficient (Wildman–Crippen LogP) is -0.0841. The van der Waals surface area contributed by atoms with Crippen LogP contribution < -0.4 is 21.3 Å². The Labute approximate surface area is 152 Å². The van der Waals surface area contributed by atoms with E-state index in [0.29, 0.717) is 0 Å². The molecule has 1 aromatic rings. The number of carbonyl (C=O) groups excluding carboxylic acids is 4. The monoisotopic (exact) mass is 384 g/mol. The Morgan fingerprint density at radius 2 is 2.00 bits per heavy atom. The van der Waals surface area contributed by atoms with Crippen LogP contribution in [0.25, 0.3) is 0 Å². The van der Waals surface area contributed by atoms with Crippen molar-refractivity contribution in [2.45, 2.75) is 19.4 Å². The normalized spacial score (nSPS) is 15.4. The maximum absolute atomic E-state index is 13.5. The van der Waals surface area contributed by atoms with E-state index >= 15 is 0 Å². The van der Waals surface area contributed by atoms with E-state index in [4.69, 9.17) is 10.5 Å². The molecule has 1 aliphatic rings. The topological polar surface area (TPSA) is 131 Å². The van der Waals surface area contributed by atoms with Gasteiger partial charge in [0, 0.05) is 30.4 Å². The lowest BCUT2D eigenvalue weighted by molar-refractivity contribution is -0.132. The fraction of sp³-hybridized carbons (Fsp3) is 0.375. The number of nitrogens with two attached hydrogens (primary N) is 1. The molecule has 0 aliphatic carbocycles. The lowest BCUT2D eigenvalue weighted by Gasteiger charge is -2.27. The quantitative estimate of drug-likeness (QED) is 0.590. The van der Waals surface area contributed by atoms with Gasteiger partial charge in [-0.05, 0) is 18.2 Å². The fourth-order valence-electron chi connectivity index (χ4n) is 2.48. The highest BCUT2D eigenvalue weighted by molar-refractivity contribution is 6.11. The van der Waals surface area contributed by atoms with Crippen LogP contribution >= 0.6 is 0 Å². The standard InChI is InChI=1S/C16H18F2N4O5/c1-8(23)20-13(15(19)25)16(26)21-11-3-2-9(6-10(11)14(17)18)22-4-5-27-7-12(22)24/h2-3,6,13-14H,4-5,7H2,1H3,(H2,19,25)(H,20,23)(H,21,26)/t13-/m1/s1. The fourth-order valence-corrected chi connectivity index (χ4v) is 2.48. The van der Waals surface area contributed by atoms with Crippen LogP contribution in [0, 0.1) is 0 Å². The Kier molecular flexibility index (Phi) is 6.40. The summed E-state index contributed by atoms with van der Waals surface area (Å²) in [6, 6.07) is 1.92. The van der Waals surface area contributed by atoms with Gasteiger partial charge < -0.3 is 26.0 Å². The Morgan fingerprint density at radius 3 is 2.56 bits per heavy atom. The van der Waals surface area contributed by atoms with E-state index in [1.54, 1.807) is 0 Å². The van der Waals surface area contributed by atoms with Gasteiger partial charge >= 0.3 is 0 Å². The predicted molar refractivity (Wildman–Crippen MR) is 90.0 cm³/mol. The highest BCUT2D eigenvalue weighted by Gasteiger charge is 2.28. The summed E-state index contributed by atoms with van der Waals surface area (Å²) in [5.41, 5.74) is 4.47. The van der Waals surface area contributed by atoms with Gasteiger partial charge in [-0.1, -0.05) is 0 Å². The van der Waals surface area contributed by atoms with Crippen molar-refractivity contribution in [2.24, 2.45) is 5.73 Å². The van der Waals surface area contributed by atoms with Gasteiger partial charge in [-0.2, -0.15) is 0 Å². The van der Waals surface area contributed by atoms with Crippen molar-refractivity contribution in [3.8, 4) is 0 Å². The first-order chi connectivity index (χ1) is 12.7. The molecule has 2 rings (SSSR count). The lowest BCUT2D eigenvalue weighted by Crippen LogP contribution is -2.51. The first kappa shape index (κ1) is 20.2. The third-order valence-electron chi connectivity index (χ3n) is 3.72. The molecule has 1 aliphatic heterocycles. The number of morpholine rings is 1. The van der Waals surface area contributed by atoms with Crippen molar-refractivity contribution < 1.29 is 32.7 Å². The lowest BCUT2D eigenvalue weighted by atomic mass is 10.1. The second-order valence-corrected chi connectivity index (χ2v) is 5.70. The van der Waals surface area contributed by atoms with Crippen molar-refractivity contribution >= 4 is 35.0 Å². The molecule has 4 amide bonds. The number of primary amides is 1. The number of nitrogens with one attached hydrogen (secondary N) is 2. The molecular weight excluding hydrogens is 366 g/mol. The minimum absolute atomic E-state index is 0.153. The summed E-state index contributed by atoms with van der Waals surface area (Å²) in [6.07, 6.45) is -2.97. The summed E-state index contributed by atoms with van der Waals surface area (Å²) in [5.74, 6) is -3.27. The highest BCUT2D eigenvalue weighted by atomic mass is 19.3. The first-order valence-electron chi connectivity index (χ1n) is 7.88. The molecular formula is C16H18F2N4O5. The van der Waals surface area contributed by atoms with Gasteiger partial charge in [0.1, 0.15) is 6.61 Å². The molecule has 0 unspecified atom stereocenters. The average Bonchev–Trinajstić information content (AvgIpc) is 2.60. The van der Waals surface area contributed by atoms with E-state index in [2.05, 4.69) is 5.32 Å². The molecule has 1 aromatic carbocycles. The molecule has 146 valence electrons. The number of hydrogen-bond acceptors (Lipinski definition) is 5. The molecule has 0 radical (unpaired) electrons. The molecule has 1 atom stereocenters. The van der Waals surface area contributed by atoms with Gasteiger partial charge in [-0.15, -0.1) is 0 Å². The van der Waals surface area contributed by atoms with Crippen LogP contribution in [0.15, 0.2) is 18.2 Å². The molecule has 9 nitrogen and oxygen atoms in total. The van der Waals surface area contributed by atoms with Crippen molar-refractivity contribution in [3.05, 3.63) is 23.8 Å². The minimum atomic E-state index is -2.97. The Bertz CT molecular complexity index is 771. The number of amides is 4. The van der Waals surface area contributed by atoms with Crippen molar-refractivity contribution in [3.63, 3.8) is 0 Å². The summed E-state index contributed by atoms with van der Waals surface area (Å²) < 4.78 is 31.9. The average molecular weight is 384 g/mol. The molecule has 1 heterocycles. The number of carbonyl (C=O) groups is 4. The van der Waals surface area contributed by atoms with Crippen molar-refractivity contribution in [1.82, 2.24) is 5.32 Å². The van der Waals surface area contributed by atoms with Crippen LogP contribution in [0.3, 0.4) is 0 Å². The van der Waals surface area contributed by atoms with E-state index in [0.717, 1.165) is 13.0 Å². The second kappa shape index (κ2) is 8.54.